The van der Waals surface area contributed by atoms with Crippen molar-refractivity contribution in [2.24, 2.45) is 5.92 Å². The first-order valence-corrected chi connectivity index (χ1v) is 6.38. The summed E-state index contributed by atoms with van der Waals surface area (Å²) < 4.78 is 0. The van der Waals surface area contributed by atoms with E-state index < -0.39 is 5.97 Å². The maximum Gasteiger partial charge on any atom is 0.337 e. The summed E-state index contributed by atoms with van der Waals surface area (Å²) in [6.07, 6.45) is 0. The van der Waals surface area contributed by atoms with Gasteiger partial charge in [0, 0.05) is 18.2 Å². The van der Waals surface area contributed by atoms with E-state index in [2.05, 4.69) is 10.6 Å². The minimum atomic E-state index is -1.09. The zero-order chi connectivity index (χ0) is 14.4. The molecule has 1 aromatic carbocycles. The van der Waals surface area contributed by atoms with E-state index in [1.807, 2.05) is 13.8 Å². The van der Waals surface area contributed by atoms with Crippen molar-refractivity contribution < 1.29 is 14.7 Å². The van der Waals surface area contributed by atoms with Crippen molar-refractivity contribution in [3.8, 4) is 0 Å². The van der Waals surface area contributed by atoms with Gasteiger partial charge in [-0.1, -0.05) is 25.4 Å². The second-order valence-electron chi connectivity index (χ2n) is 4.20. The Labute approximate surface area is 117 Å². The minimum absolute atomic E-state index is 0.0142. The van der Waals surface area contributed by atoms with Crippen molar-refractivity contribution >= 4 is 29.2 Å². The SMILES string of the molecule is CCNCC(C)C(=O)Nc1ccc(C(=O)O)c(Cl)c1. The van der Waals surface area contributed by atoms with Crippen LogP contribution in [0.25, 0.3) is 0 Å². The van der Waals surface area contributed by atoms with E-state index in [0.29, 0.717) is 12.2 Å². The van der Waals surface area contributed by atoms with Crippen LogP contribution in [0.15, 0.2) is 18.2 Å². The maximum absolute atomic E-state index is 11.8. The van der Waals surface area contributed by atoms with Gasteiger partial charge in [0.1, 0.15) is 0 Å². The Hall–Kier alpha value is -1.59. The fourth-order valence-electron chi connectivity index (χ4n) is 1.49. The van der Waals surface area contributed by atoms with Gasteiger partial charge >= 0.3 is 5.97 Å². The van der Waals surface area contributed by atoms with Crippen molar-refractivity contribution in [2.45, 2.75) is 13.8 Å². The Bertz CT molecular complexity index is 477. The molecule has 3 N–H and O–H groups in total. The molecular formula is C13H17ClN2O3. The van der Waals surface area contributed by atoms with Crippen LogP contribution in [0, 0.1) is 5.92 Å². The van der Waals surface area contributed by atoms with E-state index in [0.717, 1.165) is 6.54 Å². The van der Waals surface area contributed by atoms with Crippen LogP contribution in [0.4, 0.5) is 5.69 Å². The summed E-state index contributed by atoms with van der Waals surface area (Å²) in [5.41, 5.74) is 0.503. The highest BCUT2D eigenvalue weighted by Crippen LogP contribution is 2.21. The third-order valence-electron chi connectivity index (χ3n) is 2.62. The molecule has 1 atom stereocenters. The number of aromatic carboxylic acids is 1. The zero-order valence-corrected chi connectivity index (χ0v) is 11.6. The number of rotatable bonds is 6. The number of benzene rings is 1. The second-order valence-corrected chi connectivity index (χ2v) is 4.60. The molecule has 1 amide bonds. The Balaban J connectivity index is 2.70. The molecule has 1 unspecified atom stereocenters. The number of carbonyl (C=O) groups is 2. The molecule has 0 heterocycles. The van der Waals surface area contributed by atoms with E-state index in [1.165, 1.54) is 18.2 Å². The molecule has 0 aliphatic carbocycles. The van der Waals surface area contributed by atoms with E-state index in [-0.39, 0.29) is 22.4 Å². The van der Waals surface area contributed by atoms with Crippen LogP contribution in [0.1, 0.15) is 24.2 Å². The number of halogens is 1. The van der Waals surface area contributed by atoms with Crippen molar-refractivity contribution in [1.82, 2.24) is 5.32 Å². The monoisotopic (exact) mass is 284 g/mol. The molecule has 0 saturated heterocycles. The molecule has 0 aliphatic rings. The van der Waals surface area contributed by atoms with Gasteiger partial charge in [-0.05, 0) is 24.7 Å². The molecule has 5 nitrogen and oxygen atoms in total. The van der Waals surface area contributed by atoms with Gasteiger partial charge in [0.2, 0.25) is 5.91 Å². The largest absolute Gasteiger partial charge is 0.478 e. The van der Waals surface area contributed by atoms with Gasteiger partial charge in [-0.15, -0.1) is 0 Å². The molecular weight excluding hydrogens is 268 g/mol. The number of hydrogen-bond donors (Lipinski definition) is 3. The lowest BCUT2D eigenvalue weighted by atomic mass is 10.1. The first-order valence-electron chi connectivity index (χ1n) is 6.00. The standard InChI is InChI=1S/C13H17ClN2O3/c1-3-15-7-8(2)12(17)16-9-4-5-10(13(18)19)11(14)6-9/h4-6,8,15H,3,7H2,1-2H3,(H,16,17)(H,18,19). The van der Waals surface area contributed by atoms with Crippen molar-refractivity contribution in [1.29, 1.82) is 0 Å². The van der Waals surface area contributed by atoms with Crippen LogP contribution in [0.2, 0.25) is 5.02 Å². The van der Waals surface area contributed by atoms with Crippen LogP contribution in [-0.4, -0.2) is 30.1 Å². The predicted molar refractivity (Wildman–Crippen MR) is 74.7 cm³/mol. The van der Waals surface area contributed by atoms with Gasteiger partial charge in [-0.2, -0.15) is 0 Å². The topological polar surface area (TPSA) is 78.4 Å². The fraction of sp³-hybridized carbons (Fsp3) is 0.385. The number of amides is 1. The lowest BCUT2D eigenvalue weighted by Gasteiger charge is -2.13. The van der Waals surface area contributed by atoms with Crippen LogP contribution in [0.3, 0.4) is 0 Å². The fourth-order valence-corrected chi connectivity index (χ4v) is 1.75. The maximum atomic E-state index is 11.8. The van der Waals surface area contributed by atoms with E-state index in [4.69, 9.17) is 16.7 Å². The molecule has 0 radical (unpaired) electrons. The third kappa shape index (κ3) is 4.54. The van der Waals surface area contributed by atoms with Crippen LogP contribution in [0.5, 0.6) is 0 Å². The summed E-state index contributed by atoms with van der Waals surface area (Å²) in [6.45, 7) is 5.17. The molecule has 0 saturated carbocycles. The number of carboxylic acid groups (broad SMARTS) is 1. The van der Waals surface area contributed by atoms with Gasteiger partial charge in [0.25, 0.3) is 0 Å². The van der Waals surface area contributed by atoms with E-state index in [1.54, 1.807) is 0 Å². The Morgan fingerprint density at radius 1 is 1.42 bits per heavy atom. The van der Waals surface area contributed by atoms with Crippen molar-refractivity contribution in [3.63, 3.8) is 0 Å². The zero-order valence-electron chi connectivity index (χ0n) is 10.9. The summed E-state index contributed by atoms with van der Waals surface area (Å²) in [4.78, 5) is 22.6. The molecule has 0 aromatic heterocycles. The Morgan fingerprint density at radius 2 is 2.11 bits per heavy atom. The summed E-state index contributed by atoms with van der Waals surface area (Å²) in [5.74, 6) is -1.42. The molecule has 104 valence electrons. The van der Waals surface area contributed by atoms with Crippen LogP contribution >= 0.6 is 11.6 Å². The number of nitrogens with one attached hydrogen (secondary N) is 2. The van der Waals surface area contributed by atoms with E-state index >= 15 is 0 Å². The molecule has 0 spiro atoms. The average molecular weight is 285 g/mol. The number of carboxylic acids is 1. The van der Waals surface area contributed by atoms with Crippen LogP contribution < -0.4 is 10.6 Å². The third-order valence-corrected chi connectivity index (χ3v) is 2.93. The van der Waals surface area contributed by atoms with Crippen molar-refractivity contribution in [3.05, 3.63) is 28.8 Å². The number of carbonyl (C=O) groups excluding carboxylic acids is 1. The quantitative estimate of drug-likeness (QED) is 0.748. The lowest BCUT2D eigenvalue weighted by molar-refractivity contribution is -0.119. The van der Waals surface area contributed by atoms with Crippen LogP contribution in [-0.2, 0) is 4.79 Å². The number of hydrogen-bond acceptors (Lipinski definition) is 3. The first-order chi connectivity index (χ1) is 8.95. The van der Waals surface area contributed by atoms with Gasteiger partial charge in [-0.25, -0.2) is 4.79 Å². The van der Waals surface area contributed by atoms with E-state index in [9.17, 15) is 9.59 Å². The van der Waals surface area contributed by atoms with Gasteiger partial charge in [-0.3, -0.25) is 4.79 Å². The smallest absolute Gasteiger partial charge is 0.337 e. The molecule has 1 rings (SSSR count). The second kappa shape index (κ2) is 7.11. The summed E-state index contributed by atoms with van der Waals surface area (Å²) in [6, 6.07) is 4.32. The van der Waals surface area contributed by atoms with Crippen molar-refractivity contribution in [2.75, 3.05) is 18.4 Å². The highest BCUT2D eigenvalue weighted by molar-refractivity contribution is 6.33. The highest BCUT2D eigenvalue weighted by Gasteiger charge is 2.14. The highest BCUT2D eigenvalue weighted by atomic mass is 35.5. The number of anilines is 1. The molecule has 19 heavy (non-hydrogen) atoms. The lowest BCUT2D eigenvalue weighted by Crippen LogP contribution is -2.30. The summed E-state index contributed by atoms with van der Waals surface area (Å²) in [7, 11) is 0. The molecule has 1 aromatic rings. The Morgan fingerprint density at radius 3 is 2.63 bits per heavy atom. The predicted octanol–water partition coefficient (Wildman–Crippen LogP) is 2.22. The van der Waals surface area contributed by atoms with Gasteiger partial charge in [0.05, 0.1) is 10.6 Å². The normalized spacial score (nSPS) is 11.9. The summed E-state index contributed by atoms with van der Waals surface area (Å²) >= 11 is 5.83. The van der Waals surface area contributed by atoms with Gasteiger partial charge < -0.3 is 15.7 Å². The first kappa shape index (κ1) is 15.5. The summed E-state index contributed by atoms with van der Waals surface area (Å²) in [5, 5.41) is 14.7. The van der Waals surface area contributed by atoms with Gasteiger partial charge in [0.15, 0.2) is 0 Å². The minimum Gasteiger partial charge on any atom is -0.478 e. The molecule has 0 fully saturated rings. The molecule has 6 heteroatoms. The molecule has 0 aliphatic heterocycles. The molecule has 0 bridgehead atoms. The Kier molecular flexibility index (Phi) is 5.79. The average Bonchev–Trinajstić information content (AvgIpc) is 2.35.